The van der Waals surface area contributed by atoms with Crippen molar-refractivity contribution in [3.8, 4) is 11.8 Å². The topological polar surface area (TPSA) is 89.0 Å². The average Bonchev–Trinajstić information content (AvgIpc) is 2.98. The number of amides is 1. The normalized spacial score (nSPS) is 16.2. The van der Waals surface area contributed by atoms with Crippen molar-refractivity contribution in [1.82, 2.24) is 20.3 Å². The van der Waals surface area contributed by atoms with E-state index in [4.69, 9.17) is 4.74 Å². The number of halogens is 1. The summed E-state index contributed by atoms with van der Waals surface area (Å²) in [6.45, 7) is 4.20. The van der Waals surface area contributed by atoms with Crippen LogP contribution in [0.1, 0.15) is 22.4 Å². The fourth-order valence-corrected chi connectivity index (χ4v) is 4.53. The molecule has 0 aliphatic carbocycles. The zero-order valence-corrected chi connectivity index (χ0v) is 16.4. The highest BCUT2D eigenvalue weighted by Gasteiger charge is 2.24. The van der Waals surface area contributed by atoms with Gasteiger partial charge >= 0.3 is 0 Å². The maximum absolute atomic E-state index is 13.5. The fourth-order valence-electron chi connectivity index (χ4n) is 3.43. The Balaban J connectivity index is 1.61. The number of aromatic nitrogens is 3. The van der Waals surface area contributed by atoms with Crippen molar-refractivity contribution in [2.24, 2.45) is 0 Å². The molecular formula is C20H16FN5O2S. The van der Waals surface area contributed by atoms with Crippen molar-refractivity contribution in [2.75, 3.05) is 11.9 Å². The molecule has 3 aromatic heterocycles. The molecule has 1 aliphatic rings. The van der Waals surface area contributed by atoms with E-state index in [0.29, 0.717) is 22.8 Å². The molecular weight excluding hydrogens is 393 g/mol. The number of nitrogens with zero attached hydrogens (tertiary/aromatic N) is 3. The van der Waals surface area contributed by atoms with Crippen LogP contribution in [0.3, 0.4) is 0 Å². The van der Waals surface area contributed by atoms with Crippen LogP contribution in [0, 0.1) is 12.9 Å². The van der Waals surface area contributed by atoms with E-state index >= 15 is 0 Å². The lowest BCUT2D eigenvalue weighted by Gasteiger charge is -2.10. The number of fused-ring (bicyclic) bond motifs is 5. The van der Waals surface area contributed by atoms with Crippen LogP contribution in [0.25, 0.3) is 21.0 Å². The molecule has 0 bridgehead atoms. The van der Waals surface area contributed by atoms with Crippen LogP contribution in [-0.4, -0.2) is 33.4 Å². The number of nitrogens with one attached hydrogen (secondary N) is 2. The molecule has 0 saturated heterocycles. The van der Waals surface area contributed by atoms with Crippen molar-refractivity contribution in [3.63, 3.8) is 0 Å². The summed E-state index contributed by atoms with van der Waals surface area (Å²) in [6, 6.07) is 8.59. The van der Waals surface area contributed by atoms with E-state index in [1.165, 1.54) is 11.3 Å². The van der Waals surface area contributed by atoms with Gasteiger partial charge in [0.1, 0.15) is 10.7 Å². The standard InChI is InChI=1S/C20H16FN5O2S/c1-9-8-22-18-17-11-3-6-15(28-16-7-14(21)24-10(2)25-16)26-12(11)4-5-13(17)29-19(18)20(27)23-9/h3-7,9,22H,8H2,1-2H3,(H,23,27)/t9-/m0/s1. The quantitative estimate of drug-likeness (QED) is 0.486. The van der Waals surface area contributed by atoms with Crippen LogP contribution in [-0.2, 0) is 0 Å². The second-order valence-corrected chi connectivity index (χ2v) is 7.95. The number of thiophene rings is 1. The summed E-state index contributed by atoms with van der Waals surface area (Å²) in [4.78, 5) is 25.4. The highest BCUT2D eigenvalue weighted by molar-refractivity contribution is 7.21. The first-order valence-corrected chi connectivity index (χ1v) is 9.89. The molecule has 7 nitrogen and oxygen atoms in total. The molecule has 1 amide bonds. The van der Waals surface area contributed by atoms with Gasteiger partial charge in [-0.2, -0.15) is 9.37 Å². The fraction of sp³-hybridized carbons (Fsp3) is 0.200. The largest absolute Gasteiger partial charge is 0.420 e. The summed E-state index contributed by atoms with van der Waals surface area (Å²) < 4.78 is 20.1. The summed E-state index contributed by atoms with van der Waals surface area (Å²) in [7, 11) is 0. The Morgan fingerprint density at radius 3 is 2.86 bits per heavy atom. The second kappa shape index (κ2) is 6.63. The number of anilines is 1. The lowest BCUT2D eigenvalue weighted by molar-refractivity contribution is 0.0949. The van der Waals surface area contributed by atoms with Gasteiger partial charge in [0, 0.05) is 34.1 Å². The van der Waals surface area contributed by atoms with Gasteiger partial charge in [-0.05, 0) is 32.0 Å². The molecule has 0 saturated carbocycles. The lowest BCUT2D eigenvalue weighted by atomic mass is 10.1. The summed E-state index contributed by atoms with van der Waals surface area (Å²) in [5, 5.41) is 8.26. The van der Waals surface area contributed by atoms with Crippen molar-refractivity contribution in [3.05, 3.63) is 47.0 Å². The number of carbonyl (C=O) groups excluding carboxylic acids is 1. The Bertz CT molecular complexity index is 1270. The summed E-state index contributed by atoms with van der Waals surface area (Å²) in [5.74, 6) is -0.0489. The SMILES string of the molecule is Cc1nc(F)cc(Oc2ccc3c(ccc4sc5c(c43)NC[C@H](C)NC5=O)n2)n1. The molecule has 4 heterocycles. The van der Waals surface area contributed by atoms with E-state index in [2.05, 4.69) is 25.6 Å². The molecule has 29 heavy (non-hydrogen) atoms. The maximum atomic E-state index is 13.5. The molecule has 0 radical (unpaired) electrons. The molecule has 0 unspecified atom stereocenters. The minimum Gasteiger partial charge on any atom is -0.420 e. The Morgan fingerprint density at radius 2 is 2.03 bits per heavy atom. The number of aryl methyl sites for hydroxylation is 1. The van der Waals surface area contributed by atoms with Crippen LogP contribution >= 0.6 is 11.3 Å². The number of rotatable bonds is 2. The van der Waals surface area contributed by atoms with Crippen molar-refractivity contribution in [2.45, 2.75) is 19.9 Å². The Labute approximate surface area is 169 Å². The third-order valence-electron chi connectivity index (χ3n) is 4.66. The zero-order valence-electron chi connectivity index (χ0n) is 15.6. The van der Waals surface area contributed by atoms with E-state index < -0.39 is 5.95 Å². The van der Waals surface area contributed by atoms with Gasteiger partial charge < -0.3 is 15.4 Å². The first-order valence-electron chi connectivity index (χ1n) is 9.08. The Morgan fingerprint density at radius 1 is 1.17 bits per heavy atom. The smallest absolute Gasteiger partial charge is 0.263 e. The summed E-state index contributed by atoms with van der Waals surface area (Å²) in [6.07, 6.45) is 0. The van der Waals surface area contributed by atoms with Crippen molar-refractivity contribution < 1.29 is 13.9 Å². The molecule has 1 aliphatic heterocycles. The number of hydrogen-bond donors (Lipinski definition) is 2. The number of hydrogen-bond acceptors (Lipinski definition) is 7. The summed E-state index contributed by atoms with van der Waals surface area (Å²) >= 11 is 1.46. The molecule has 5 rings (SSSR count). The monoisotopic (exact) mass is 409 g/mol. The first kappa shape index (κ1) is 17.7. The second-order valence-electron chi connectivity index (χ2n) is 6.89. The van der Waals surface area contributed by atoms with Gasteiger partial charge in [-0.25, -0.2) is 9.97 Å². The van der Waals surface area contributed by atoms with Gasteiger partial charge in [-0.1, -0.05) is 0 Å². The zero-order chi connectivity index (χ0) is 20.1. The maximum Gasteiger partial charge on any atom is 0.263 e. The highest BCUT2D eigenvalue weighted by Crippen LogP contribution is 2.41. The van der Waals surface area contributed by atoms with Gasteiger partial charge in [0.25, 0.3) is 5.91 Å². The van der Waals surface area contributed by atoms with Gasteiger partial charge in [0.2, 0.25) is 17.7 Å². The summed E-state index contributed by atoms with van der Waals surface area (Å²) in [5.41, 5.74) is 1.54. The van der Waals surface area contributed by atoms with Gasteiger partial charge in [0.05, 0.1) is 17.3 Å². The molecule has 0 fully saturated rings. The highest BCUT2D eigenvalue weighted by atomic mass is 32.1. The number of carbonyl (C=O) groups is 1. The van der Waals surface area contributed by atoms with Crippen molar-refractivity contribution in [1.29, 1.82) is 0 Å². The molecule has 146 valence electrons. The molecule has 2 N–H and O–H groups in total. The van der Waals surface area contributed by atoms with Crippen LogP contribution < -0.4 is 15.4 Å². The van der Waals surface area contributed by atoms with Crippen molar-refractivity contribution >= 4 is 43.9 Å². The van der Waals surface area contributed by atoms with E-state index in [9.17, 15) is 9.18 Å². The molecule has 9 heteroatoms. The minimum atomic E-state index is -0.658. The van der Waals surface area contributed by atoms with Crippen LogP contribution in [0.15, 0.2) is 30.3 Å². The van der Waals surface area contributed by atoms with Gasteiger partial charge in [0.15, 0.2) is 0 Å². The van der Waals surface area contributed by atoms with E-state index in [1.54, 1.807) is 13.0 Å². The molecule has 0 spiro atoms. The Kier molecular flexibility index (Phi) is 4.06. The Hall–Kier alpha value is -3.33. The van der Waals surface area contributed by atoms with Crippen LogP contribution in [0.4, 0.5) is 10.1 Å². The van der Waals surface area contributed by atoms with E-state index in [1.807, 2.05) is 25.1 Å². The van der Waals surface area contributed by atoms with E-state index in [0.717, 1.165) is 27.2 Å². The number of pyridine rings is 1. The lowest BCUT2D eigenvalue weighted by Crippen LogP contribution is -2.34. The van der Waals surface area contributed by atoms with Gasteiger partial charge in [-0.3, -0.25) is 4.79 Å². The predicted molar refractivity (Wildman–Crippen MR) is 109 cm³/mol. The number of ether oxygens (including phenoxy) is 1. The van der Waals surface area contributed by atoms with E-state index in [-0.39, 0.29) is 23.7 Å². The molecule has 1 aromatic carbocycles. The van der Waals surface area contributed by atoms with Crippen LogP contribution in [0.5, 0.6) is 11.8 Å². The third-order valence-corrected chi connectivity index (χ3v) is 5.81. The molecule has 1 atom stereocenters. The number of benzene rings is 1. The average molecular weight is 409 g/mol. The first-order chi connectivity index (χ1) is 14.0. The van der Waals surface area contributed by atoms with Gasteiger partial charge in [-0.15, -0.1) is 11.3 Å². The predicted octanol–water partition coefficient (Wildman–Crippen LogP) is 4.02. The molecule has 4 aromatic rings. The third kappa shape index (κ3) is 3.13. The van der Waals surface area contributed by atoms with Crippen LogP contribution in [0.2, 0.25) is 0 Å². The minimum absolute atomic E-state index is 0.0435.